The largest absolute Gasteiger partial charge is 0.399 e. The number of amides is 2. The second-order valence-corrected chi connectivity index (χ2v) is 5.10. The molecule has 5 nitrogen and oxygen atoms in total. The maximum atomic E-state index is 12.2. The fourth-order valence-electron chi connectivity index (χ4n) is 2.79. The molecular formula is C14H19N3O2. The first-order valence-electron chi connectivity index (χ1n) is 6.75. The Labute approximate surface area is 112 Å². The van der Waals surface area contributed by atoms with Gasteiger partial charge in [0, 0.05) is 18.8 Å². The van der Waals surface area contributed by atoms with Crippen LogP contribution in [0.4, 0.5) is 10.5 Å². The molecule has 3 N–H and O–H groups in total. The van der Waals surface area contributed by atoms with E-state index < -0.39 is 0 Å². The number of morpholine rings is 1. The summed E-state index contributed by atoms with van der Waals surface area (Å²) in [4.78, 5) is 14.0. The summed E-state index contributed by atoms with van der Waals surface area (Å²) in [5, 5.41) is 3.11. The van der Waals surface area contributed by atoms with E-state index in [1.165, 1.54) is 11.1 Å². The van der Waals surface area contributed by atoms with Crippen molar-refractivity contribution in [1.29, 1.82) is 0 Å². The molecule has 3 rings (SSSR count). The Morgan fingerprint density at radius 1 is 1.37 bits per heavy atom. The number of nitrogen functional groups attached to an aromatic ring is 1. The molecule has 0 radical (unpaired) electrons. The number of rotatable bonds is 1. The molecule has 0 aromatic heterocycles. The monoisotopic (exact) mass is 261 g/mol. The fraction of sp³-hybridized carbons (Fsp3) is 0.500. The standard InChI is InChI=1S/C14H19N3O2/c15-11-2-3-12-10(9-11)1-4-13(12)16-14(18)17-5-7-19-8-6-17/h2-3,9,13H,1,4-8,15H2,(H,16,18). The van der Waals surface area contributed by atoms with Crippen LogP contribution in [-0.2, 0) is 11.2 Å². The SMILES string of the molecule is Nc1ccc2c(c1)CCC2NC(=O)N1CCOCC1. The summed E-state index contributed by atoms with van der Waals surface area (Å²) >= 11 is 0. The number of hydrogen-bond acceptors (Lipinski definition) is 3. The fourth-order valence-corrected chi connectivity index (χ4v) is 2.79. The predicted octanol–water partition coefficient (Wildman–Crippen LogP) is 1.30. The van der Waals surface area contributed by atoms with Gasteiger partial charge in [-0.3, -0.25) is 0 Å². The van der Waals surface area contributed by atoms with E-state index in [2.05, 4.69) is 5.32 Å². The van der Waals surface area contributed by atoms with E-state index in [4.69, 9.17) is 10.5 Å². The van der Waals surface area contributed by atoms with Crippen molar-refractivity contribution < 1.29 is 9.53 Å². The number of nitrogens with zero attached hydrogens (tertiary/aromatic N) is 1. The number of hydrogen-bond donors (Lipinski definition) is 2. The average Bonchev–Trinajstić information content (AvgIpc) is 2.82. The highest BCUT2D eigenvalue weighted by atomic mass is 16.5. The number of ether oxygens (including phenoxy) is 1. The molecule has 1 aromatic carbocycles. The van der Waals surface area contributed by atoms with Gasteiger partial charge in [0.1, 0.15) is 0 Å². The molecule has 2 amide bonds. The zero-order chi connectivity index (χ0) is 13.2. The van der Waals surface area contributed by atoms with Gasteiger partial charge in [0.05, 0.1) is 19.3 Å². The average molecular weight is 261 g/mol. The predicted molar refractivity (Wildman–Crippen MR) is 72.8 cm³/mol. The molecule has 0 saturated carbocycles. The molecule has 1 saturated heterocycles. The highest BCUT2D eigenvalue weighted by molar-refractivity contribution is 5.75. The van der Waals surface area contributed by atoms with Crippen molar-refractivity contribution in [2.45, 2.75) is 18.9 Å². The highest BCUT2D eigenvalue weighted by Gasteiger charge is 2.26. The Hall–Kier alpha value is -1.75. The Morgan fingerprint density at radius 2 is 2.16 bits per heavy atom. The van der Waals surface area contributed by atoms with Gasteiger partial charge in [0.2, 0.25) is 0 Å². The van der Waals surface area contributed by atoms with Gasteiger partial charge in [-0.1, -0.05) is 6.07 Å². The number of carbonyl (C=O) groups excluding carboxylic acids is 1. The quantitative estimate of drug-likeness (QED) is 0.749. The smallest absolute Gasteiger partial charge is 0.318 e. The number of nitrogens with one attached hydrogen (secondary N) is 1. The van der Waals surface area contributed by atoms with Crippen LogP contribution in [0.15, 0.2) is 18.2 Å². The van der Waals surface area contributed by atoms with Crippen LogP contribution in [0, 0.1) is 0 Å². The van der Waals surface area contributed by atoms with Gasteiger partial charge in [0.25, 0.3) is 0 Å². The lowest BCUT2D eigenvalue weighted by Crippen LogP contribution is -2.46. The second kappa shape index (κ2) is 5.09. The first-order valence-corrected chi connectivity index (χ1v) is 6.75. The summed E-state index contributed by atoms with van der Waals surface area (Å²) in [5.41, 5.74) is 9.04. The van der Waals surface area contributed by atoms with E-state index in [0.717, 1.165) is 18.5 Å². The summed E-state index contributed by atoms with van der Waals surface area (Å²) in [6.45, 7) is 2.61. The van der Waals surface area contributed by atoms with Crippen molar-refractivity contribution in [2.75, 3.05) is 32.0 Å². The van der Waals surface area contributed by atoms with Gasteiger partial charge in [-0.25, -0.2) is 4.79 Å². The van der Waals surface area contributed by atoms with E-state index in [1.807, 2.05) is 23.1 Å². The van der Waals surface area contributed by atoms with Gasteiger partial charge in [0.15, 0.2) is 0 Å². The minimum absolute atomic E-state index is 0.0120. The number of nitrogens with two attached hydrogens (primary N) is 1. The lowest BCUT2D eigenvalue weighted by molar-refractivity contribution is 0.0525. The summed E-state index contributed by atoms with van der Waals surface area (Å²) in [7, 11) is 0. The van der Waals surface area contributed by atoms with Crippen molar-refractivity contribution in [3.63, 3.8) is 0 Å². The molecule has 1 unspecified atom stereocenters. The van der Waals surface area contributed by atoms with Crippen LogP contribution in [0.1, 0.15) is 23.6 Å². The first kappa shape index (κ1) is 12.3. The highest BCUT2D eigenvalue weighted by Crippen LogP contribution is 2.32. The lowest BCUT2D eigenvalue weighted by Gasteiger charge is -2.28. The molecule has 0 spiro atoms. The second-order valence-electron chi connectivity index (χ2n) is 5.10. The van der Waals surface area contributed by atoms with Crippen LogP contribution in [0.5, 0.6) is 0 Å². The van der Waals surface area contributed by atoms with Crippen LogP contribution in [0.25, 0.3) is 0 Å². The van der Waals surface area contributed by atoms with Gasteiger partial charge < -0.3 is 20.7 Å². The molecule has 1 aromatic rings. The summed E-state index contributed by atoms with van der Waals surface area (Å²) < 4.78 is 5.25. The number of anilines is 1. The molecular weight excluding hydrogens is 242 g/mol. The first-order chi connectivity index (χ1) is 9.24. The Balaban J connectivity index is 1.67. The maximum Gasteiger partial charge on any atom is 0.318 e. The number of carbonyl (C=O) groups is 1. The molecule has 0 bridgehead atoms. The van der Waals surface area contributed by atoms with Crippen molar-refractivity contribution >= 4 is 11.7 Å². The van der Waals surface area contributed by atoms with Crippen LogP contribution in [0.3, 0.4) is 0 Å². The Kier molecular flexibility index (Phi) is 3.29. The number of aryl methyl sites for hydroxylation is 1. The molecule has 102 valence electrons. The topological polar surface area (TPSA) is 67.6 Å². The summed E-state index contributed by atoms with van der Waals surface area (Å²) in [6.07, 6.45) is 1.93. The van der Waals surface area contributed by atoms with Crippen LogP contribution in [-0.4, -0.2) is 37.2 Å². The summed E-state index contributed by atoms with van der Waals surface area (Å²) in [5.74, 6) is 0. The zero-order valence-corrected chi connectivity index (χ0v) is 10.9. The van der Waals surface area contributed by atoms with E-state index in [9.17, 15) is 4.79 Å². The molecule has 19 heavy (non-hydrogen) atoms. The van der Waals surface area contributed by atoms with Gasteiger partial charge in [-0.2, -0.15) is 0 Å². The number of benzene rings is 1. The van der Waals surface area contributed by atoms with E-state index >= 15 is 0 Å². The third kappa shape index (κ3) is 2.51. The molecule has 2 aliphatic rings. The van der Waals surface area contributed by atoms with Crippen molar-refractivity contribution in [3.05, 3.63) is 29.3 Å². The van der Waals surface area contributed by atoms with Crippen molar-refractivity contribution in [2.24, 2.45) is 0 Å². The molecule has 1 aliphatic heterocycles. The minimum atomic E-state index is 0.0120. The van der Waals surface area contributed by atoms with E-state index in [-0.39, 0.29) is 12.1 Å². The van der Waals surface area contributed by atoms with E-state index in [0.29, 0.717) is 26.3 Å². The molecule has 1 aliphatic carbocycles. The van der Waals surface area contributed by atoms with Gasteiger partial charge >= 0.3 is 6.03 Å². The van der Waals surface area contributed by atoms with Crippen LogP contribution in [0.2, 0.25) is 0 Å². The Morgan fingerprint density at radius 3 is 2.95 bits per heavy atom. The third-order valence-corrected chi connectivity index (χ3v) is 3.84. The number of fused-ring (bicyclic) bond motifs is 1. The molecule has 1 atom stereocenters. The van der Waals surface area contributed by atoms with Gasteiger partial charge in [-0.05, 0) is 36.1 Å². The normalized spacial score (nSPS) is 22.1. The van der Waals surface area contributed by atoms with Crippen molar-refractivity contribution in [1.82, 2.24) is 10.2 Å². The minimum Gasteiger partial charge on any atom is -0.399 e. The summed E-state index contributed by atoms with van der Waals surface area (Å²) in [6, 6.07) is 6.07. The number of urea groups is 1. The molecule has 1 fully saturated rings. The maximum absolute atomic E-state index is 12.2. The lowest BCUT2D eigenvalue weighted by atomic mass is 10.1. The zero-order valence-electron chi connectivity index (χ0n) is 10.9. The van der Waals surface area contributed by atoms with Gasteiger partial charge in [-0.15, -0.1) is 0 Å². The van der Waals surface area contributed by atoms with Crippen LogP contribution >= 0.6 is 0 Å². The Bertz CT molecular complexity index is 484. The van der Waals surface area contributed by atoms with Crippen molar-refractivity contribution in [3.8, 4) is 0 Å². The molecule has 1 heterocycles. The third-order valence-electron chi connectivity index (χ3n) is 3.84. The van der Waals surface area contributed by atoms with Crippen LogP contribution < -0.4 is 11.1 Å². The van der Waals surface area contributed by atoms with E-state index in [1.54, 1.807) is 0 Å². The molecule has 5 heteroatoms.